The Morgan fingerprint density at radius 2 is 1.84 bits per heavy atom. The van der Waals surface area contributed by atoms with Crippen LogP contribution >= 0.6 is 15.9 Å². The SMILES string of the molecule is Cc1cccc(N)c1N(C)CCc1ccccc1Br. The van der Waals surface area contributed by atoms with Crippen LogP contribution in [0.4, 0.5) is 11.4 Å². The molecular weight excluding hydrogens is 300 g/mol. The number of hydrogen-bond donors (Lipinski definition) is 1. The highest BCUT2D eigenvalue weighted by Gasteiger charge is 2.09. The number of halogens is 1. The minimum absolute atomic E-state index is 0.842. The second-order valence-electron chi connectivity index (χ2n) is 4.78. The van der Waals surface area contributed by atoms with E-state index in [1.165, 1.54) is 15.6 Å². The zero-order chi connectivity index (χ0) is 13.8. The molecule has 0 spiro atoms. The molecule has 2 N–H and O–H groups in total. The molecule has 0 radical (unpaired) electrons. The standard InChI is InChI=1S/C16H19BrN2/c1-12-6-5-9-15(18)16(12)19(2)11-10-13-7-3-4-8-14(13)17/h3-9H,10-11,18H2,1-2H3. The molecular formula is C16H19BrN2. The van der Waals surface area contributed by atoms with E-state index in [2.05, 4.69) is 59.1 Å². The van der Waals surface area contributed by atoms with Crippen molar-refractivity contribution in [3.8, 4) is 0 Å². The number of nitrogens with zero attached hydrogens (tertiary/aromatic N) is 1. The summed E-state index contributed by atoms with van der Waals surface area (Å²) in [6.07, 6.45) is 0.992. The van der Waals surface area contributed by atoms with E-state index >= 15 is 0 Å². The van der Waals surface area contributed by atoms with E-state index in [9.17, 15) is 0 Å². The summed E-state index contributed by atoms with van der Waals surface area (Å²) in [5.74, 6) is 0. The van der Waals surface area contributed by atoms with E-state index in [4.69, 9.17) is 5.73 Å². The Morgan fingerprint density at radius 1 is 1.11 bits per heavy atom. The van der Waals surface area contributed by atoms with Crippen molar-refractivity contribution in [2.75, 3.05) is 24.2 Å². The van der Waals surface area contributed by atoms with Gasteiger partial charge < -0.3 is 10.6 Å². The van der Waals surface area contributed by atoms with Gasteiger partial charge in [0.05, 0.1) is 11.4 Å². The number of hydrogen-bond acceptors (Lipinski definition) is 2. The highest BCUT2D eigenvalue weighted by Crippen LogP contribution is 2.26. The minimum Gasteiger partial charge on any atom is -0.397 e. The smallest absolute Gasteiger partial charge is 0.0627 e. The Labute approximate surface area is 123 Å². The third-order valence-electron chi connectivity index (χ3n) is 3.33. The molecule has 0 atom stereocenters. The van der Waals surface area contributed by atoms with Gasteiger partial charge in [0.15, 0.2) is 0 Å². The van der Waals surface area contributed by atoms with Gasteiger partial charge in [-0.25, -0.2) is 0 Å². The summed E-state index contributed by atoms with van der Waals surface area (Å²) in [4.78, 5) is 2.23. The van der Waals surface area contributed by atoms with E-state index in [1.54, 1.807) is 0 Å². The number of para-hydroxylation sites is 1. The van der Waals surface area contributed by atoms with Crippen molar-refractivity contribution < 1.29 is 0 Å². The van der Waals surface area contributed by atoms with E-state index < -0.39 is 0 Å². The molecule has 0 fully saturated rings. The van der Waals surface area contributed by atoms with Crippen molar-refractivity contribution in [1.82, 2.24) is 0 Å². The lowest BCUT2D eigenvalue weighted by Gasteiger charge is -2.23. The zero-order valence-electron chi connectivity index (χ0n) is 11.4. The molecule has 0 aliphatic carbocycles. The van der Waals surface area contributed by atoms with Crippen molar-refractivity contribution in [1.29, 1.82) is 0 Å². The largest absolute Gasteiger partial charge is 0.397 e. The fraction of sp³-hybridized carbons (Fsp3) is 0.250. The first-order chi connectivity index (χ1) is 9.09. The van der Waals surface area contributed by atoms with Crippen LogP contribution < -0.4 is 10.6 Å². The second kappa shape index (κ2) is 6.11. The minimum atomic E-state index is 0.842. The van der Waals surface area contributed by atoms with E-state index in [-0.39, 0.29) is 0 Å². The normalized spacial score (nSPS) is 10.5. The predicted molar refractivity (Wildman–Crippen MR) is 86.7 cm³/mol. The fourth-order valence-corrected chi connectivity index (χ4v) is 2.79. The van der Waals surface area contributed by atoms with Crippen LogP contribution in [0.3, 0.4) is 0 Å². The molecule has 2 aromatic rings. The van der Waals surface area contributed by atoms with Crippen molar-refractivity contribution >= 4 is 27.3 Å². The third-order valence-corrected chi connectivity index (χ3v) is 4.10. The van der Waals surface area contributed by atoms with Crippen LogP contribution in [0.1, 0.15) is 11.1 Å². The summed E-state index contributed by atoms with van der Waals surface area (Å²) in [7, 11) is 2.09. The van der Waals surface area contributed by atoms with Crippen LogP contribution in [-0.2, 0) is 6.42 Å². The molecule has 19 heavy (non-hydrogen) atoms. The average molecular weight is 319 g/mol. The Bertz CT molecular complexity index is 546. The molecule has 100 valence electrons. The number of anilines is 2. The van der Waals surface area contributed by atoms with Crippen LogP contribution in [0, 0.1) is 6.92 Å². The molecule has 0 aromatic heterocycles. The van der Waals surface area contributed by atoms with Gasteiger partial charge in [0.2, 0.25) is 0 Å². The fourth-order valence-electron chi connectivity index (χ4n) is 2.30. The van der Waals surface area contributed by atoms with Gasteiger partial charge in [0.25, 0.3) is 0 Å². The summed E-state index contributed by atoms with van der Waals surface area (Å²) in [5.41, 5.74) is 10.6. The molecule has 0 aliphatic heterocycles. The van der Waals surface area contributed by atoms with Crippen molar-refractivity contribution in [3.05, 3.63) is 58.1 Å². The van der Waals surface area contributed by atoms with Crippen molar-refractivity contribution in [3.63, 3.8) is 0 Å². The number of benzene rings is 2. The highest BCUT2D eigenvalue weighted by molar-refractivity contribution is 9.10. The van der Waals surface area contributed by atoms with E-state index in [0.717, 1.165) is 24.3 Å². The second-order valence-corrected chi connectivity index (χ2v) is 5.63. The summed E-state index contributed by atoms with van der Waals surface area (Å²) in [6, 6.07) is 14.4. The van der Waals surface area contributed by atoms with Gasteiger partial charge in [0.1, 0.15) is 0 Å². The van der Waals surface area contributed by atoms with Crippen molar-refractivity contribution in [2.24, 2.45) is 0 Å². The Hall–Kier alpha value is -1.48. The van der Waals surface area contributed by atoms with Gasteiger partial charge >= 0.3 is 0 Å². The lowest BCUT2D eigenvalue weighted by molar-refractivity contribution is 0.871. The monoisotopic (exact) mass is 318 g/mol. The first kappa shape index (κ1) is 13.9. The van der Waals surface area contributed by atoms with Gasteiger partial charge in [-0.05, 0) is 36.6 Å². The third kappa shape index (κ3) is 3.29. The number of rotatable bonds is 4. The number of aryl methyl sites for hydroxylation is 1. The molecule has 0 bridgehead atoms. The highest BCUT2D eigenvalue weighted by atomic mass is 79.9. The van der Waals surface area contributed by atoms with Gasteiger partial charge in [0, 0.05) is 18.1 Å². The quantitative estimate of drug-likeness (QED) is 0.863. The summed E-state index contributed by atoms with van der Waals surface area (Å²) >= 11 is 3.59. The lowest BCUT2D eigenvalue weighted by Crippen LogP contribution is -2.22. The van der Waals surface area contributed by atoms with Crippen LogP contribution in [0.2, 0.25) is 0 Å². The topological polar surface area (TPSA) is 29.3 Å². The van der Waals surface area contributed by atoms with Crippen LogP contribution in [0.25, 0.3) is 0 Å². The molecule has 2 nitrogen and oxygen atoms in total. The summed E-state index contributed by atoms with van der Waals surface area (Å²) in [6.45, 7) is 3.04. The number of nitrogen functional groups attached to an aromatic ring is 1. The Balaban J connectivity index is 2.10. The van der Waals surface area contributed by atoms with Gasteiger partial charge in [-0.1, -0.05) is 46.3 Å². The van der Waals surface area contributed by atoms with E-state index in [1.807, 2.05) is 18.2 Å². The van der Waals surface area contributed by atoms with Gasteiger partial charge in [-0.3, -0.25) is 0 Å². The van der Waals surface area contributed by atoms with Crippen LogP contribution in [0.15, 0.2) is 46.9 Å². The van der Waals surface area contributed by atoms with Crippen LogP contribution in [-0.4, -0.2) is 13.6 Å². The molecule has 0 amide bonds. The van der Waals surface area contributed by atoms with Gasteiger partial charge in [-0.15, -0.1) is 0 Å². The Morgan fingerprint density at radius 3 is 2.53 bits per heavy atom. The molecule has 0 heterocycles. The molecule has 0 saturated heterocycles. The maximum absolute atomic E-state index is 6.07. The molecule has 3 heteroatoms. The first-order valence-electron chi connectivity index (χ1n) is 6.39. The summed E-state index contributed by atoms with van der Waals surface area (Å²) < 4.78 is 1.17. The Kier molecular flexibility index (Phi) is 4.48. The molecule has 2 aromatic carbocycles. The predicted octanol–water partition coefficient (Wildman–Crippen LogP) is 4.02. The molecule has 0 saturated carbocycles. The molecule has 2 rings (SSSR count). The first-order valence-corrected chi connectivity index (χ1v) is 7.18. The van der Waals surface area contributed by atoms with Crippen molar-refractivity contribution in [2.45, 2.75) is 13.3 Å². The lowest BCUT2D eigenvalue weighted by atomic mass is 10.1. The average Bonchev–Trinajstić information content (AvgIpc) is 2.37. The maximum Gasteiger partial charge on any atom is 0.0627 e. The zero-order valence-corrected chi connectivity index (χ0v) is 12.9. The molecule has 0 aliphatic rings. The number of nitrogens with two attached hydrogens (primary N) is 1. The maximum atomic E-state index is 6.07. The van der Waals surface area contributed by atoms with Crippen LogP contribution in [0.5, 0.6) is 0 Å². The summed E-state index contributed by atoms with van der Waals surface area (Å²) in [5, 5.41) is 0. The number of likely N-dealkylation sites (N-methyl/N-ethyl adjacent to an activating group) is 1. The van der Waals surface area contributed by atoms with E-state index in [0.29, 0.717) is 0 Å². The molecule has 0 unspecified atom stereocenters. The van der Waals surface area contributed by atoms with Gasteiger partial charge in [-0.2, -0.15) is 0 Å².